The van der Waals surface area contributed by atoms with Gasteiger partial charge in [-0.25, -0.2) is 0 Å². The van der Waals surface area contributed by atoms with E-state index < -0.39 is 0 Å². The minimum atomic E-state index is 0.237. The minimum Gasteiger partial charge on any atom is -0.391 e. The molecule has 0 heterocycles. The van der Waals surface area contributed by atoms with Crippen LogP contribution in [0.15, 0.2) is 11.3 Å². The summed E-state index contributed by atoms with van der Waals surface area (Å²) in [5.41, 5.74) is 2.19. The molecule has 0 spiro atoms. The van der Waals surface area contributed by atoms with E-state index in [1.54, 1.807) is 6.92 Å². The molecule has 0 unspecified atom stereocenters. The molecule has 0 aromatic carbocycles. The molecule has 0 aromatic rings. The highest BCUT2D eigenvalue weighted by Crippen LogP contribution is 2.22. The molecule has 2 nitrogen and oxygen atoms in total. The predicted octanol–water partition coefficient (Wildman–Crippen LogP) is 2.01. The quantitative estimate of drug-likeness (QED) is 0.681. The van der Waals surface area contributed by atoms with Gasteiger partial charge in [-0.2, -0.15) is 0 Å². The van der Waals surface area contributed by atoms with Gasteiger partial charge in [0, 0.05) is 18.3 Å². The van der Waals surface area contributed by atoms with E-state index in [1.807, 2.05) is 7.05 Å². The Morgan fingerprint density at radius 2 is 1.92 bits per heavy atom. The van der Waals surface area contributed by atoms with Crippen molar-refractivity contribution in [2.24, 2.45) is 0 Å². The zero-order chi connectivity index (χ0) is 8.97. The van der Waals surface area contributed by atoms with Crippen LogP contribution in [0.5, 0.6) is 0 Å². The van der Waals surface area contributed by atoms with Crippen molar-refractivity contribution in [2.75, 3.05) is 7.05 Å². The van der Waals surface area contributed by atoms with Gasteiger partial charge in [-0.3, -0.25) is 4.79 Å². The van der Waals surface area contributed by atoms with Crippen molar-refractivity contribution in [3.63, 3.8) is 0 Å². The zero-order valence-electron chi connectivity index (χ0n) is 7.94. The predicted molar refractivity (Wildman–Crippen MR) is 49.9 cm³/mol. The van der Waals surface area contributed by atoms with Gasteiger partial charge in [0.05, 0.1) is 0 Å². The molecule has 12 heavy (non-hydrogen) atoms. The van der Waals surface area contributed by atoms with Crippen molar-refractivity contribution in [1.29, 1.82) is 0 Å². The number of carbonyl (C=O) groups is 1. The SMILES string of the molecule is CNC1=C(C(C)=O)CCCCC1. The van der Waals surface area contributed by atoms with Crippen LogP contribution >= 0.6 is 0 Å². The summed E-state index contributed by atoms with van der Waals surface area (Å²) in [5, 5.41) is 3.13. The Morgan fingerprint density at radius 1 is 1.25 bits per heavy atom. The van der Waals surface area contributed by atoms with E-state index in [4.69, 9.17) is 0 Å². The molecule has 2 heteroatoms. The molecule has 1 rings (SSSR count). The van der Waals surface area contributed by atoms with E-state index in [-0.39, 0.29) is 5.78 Å². The van der Waals surface area contributed by atoms with E-state index >= 15 is 0 Å². The third kappa shape index (κ3) is 2.10. The van der Waals surface area contributed by atoms with E-state index in [1.165, 1.54) is 25.0 Å². The fraction of sp³-hybridized carbons (Fsp3) is 0.700. The summed E-state index contributed by atoms with van der Waals surface area (Å²) in [6.45, 7) is 1.66. The van der Waals surface area contributed by atoms with Crippen LogP contribution in [-0.4, -0.2) is 12.8 Å². The first-order valence-corrected chi connectivity index (χ1v) is 4.66. The van der Waals surface area contributed by atoms with Crippen molar-refractivity contribution in [3.8, 4) is 0 Å². The molecule has 1 N–H and O–H groups in total. The summed E-state index contributed by atoms with van der Waals surface area (Å²) in [5.74, 6) is 0.237. The topological polar surface area (TPSA) is 29.1 Å². The summed E-state index contributed by atoms with van der Waals surface area (Å²) in [7, 11) is 1.91. The van der Waals surface area contributed by atoms with Crippen LogP contribution in [0.25, 0.3) is 0 Å². The number of rotatable bonds is 2. The Kier molecular flexibility index (Phi) is 3.32. The van der Waals surface area contributed by atoms with E-state index in [0.29, 0.717) is 0 Å². The molecule has 0 aromatic heterocycles. The lowest BCUT2D eigenvalue weighted by Gasteiger charge is -2.08. The molecule has 0 aliphatic heterocycles. The van der Waals surface area contributed by atoms with Crippen LogP contribution in [0.2, 0.25) is 0 Å². The Bertz CT molecular complexity index is 206. The van der Waals surface area contributed by atoms with E-state index in [2.05, 4.69) is 5.32 Å². The third-order valence-corrected chi connectivity index (χ3v) is 2.44. The molecule has 0 saturated carbocycles. The highest BCUT2D eigenvalue weighted by molar-refractivity contribution is 5.93. The first-order chi connectivity index (χ1) is 5.75. The van der Waals surface area contributed by atoms with Gasteiger partial charge in [0.25, 0.3) is 0 Å². The summed E-state index contributed by atoms with van der Waals surface area (Å²) in [6.07, 6.45) is 5.64. The zero-order valence-corrected chi connectivity index (χ0v) is 7.94. The molecule has 0 bridgehead atoms. The van der Waals surface area contributed by atoms with Gasteiger partial charge in [-0.1, -0.05) is 6.42 Å². The smallest absolute Gasteiger partial charge is 0.157 e. The fourth-order valence-electron chi connectivity index (χ4n) is 1.75. The van der Waals surface area contributed by atoms with Gasteiger partial charge >= 0.3 is 0 Å². The number of nitrogens with one attached hydrogen (secondary N) is 1. The Morgan fingerprint density at radius 3 is 2.50 bits per heavy atom. The Hall–Kier alpha value is -0.790. The first kappa shape index (κ1) is 9.30. The van der Waals surface area contributed by atoms with Crippen molar-refractivity contribution in [1.82, 2.24) is 5.32 Å². The van der Waals surface area contributed by atoms with Gasteiger partial charge in [-0.05, 0) is 32.6 Å². The van der Waals surface area contributed by atoms with Gasteiger partial charge in [0.1, 0.15) is 0 Å². The largest absolute Gasteiger partial charge is 0.391 e. The third-order valence-electron chi connectivity index (χ3n) is 2.44. The molecule has 0 atom stereocenters. The van der Waals surface area contributed by atoms with Gasteiger partial charge in [0.15, 0.2) is 5.78 Å². The van der Waals surface area contributed by atoms with E-state index in [9.17, 15) is 4.79 Å². The molecule has 0 amide bonds. The number of allylic oxidation sites excluding steroid dienone is 2. The monoisotopic (exact) mass is 167 g/mol. The fourth-order valence-corrected chi connectivity index (χ4v) is 1.75. The lowest BCUT2D eigenvalue weighted by atomic mass is 10.1. The molecule has 1 aliphatic rings. The summed E-state index contributed by atoms with van der Waals surface area (Å²) < 4.78 is 0. The second-order valence-electron chi connectivity index (χ2n) is 3.32. The van der Waals surface area contributed by atoms with Crippen LogP contribution < -0.4 is 5.32 Å². The average Bonchev–Trinajstić information content (AvgIpc) is 2.27. The molecular weight excluding hydrogens is 150 g/mol. The van der Waals surface area contributed by atoms with E-state index in [0.717, 1.165) is 18.4 Å². The standard InChI is InChI=1S/C10H17NO/c1-8(12)9-6-4-3-5-7-10(9)11-2/h11H,3-7H2,1-2H3. The number of ketones is 1. The molecule has 0 fully saturated rings. The molecule has 0 radical (unpaired) electrons. The average molecular weight is 167 g/mol. The van der Waals surface area contributed by atoms with Gasteiger partial charge in [0.2, 0.25) is 0 Å². The summed E-state index contributed by atoms with van der Waals surface area (Å²) >= 11 is 0. The van der Waals surface area contributed by atoms with Crippen LogP contribution in [0, 0.1) is 0 Å². The van der Waals surface area contributed by atoms with Crippen LogP contribution in [0.1, 0.15) is 39.0 Å². The minimum absolute atomic E-state index is 0.237. The summed E-state index contributed by atoms with van der Waals surface area (Å²) in [4.78, 5) is 11.2. The normalized spacial score (nSPS) is 18.8. The van der Waals surface area contributed by atoms with Crippen molar-refractivity contribution in [2.45, 2.75) is 39.0 Å². The molecule has 68 valence electrons. The number of carbonyl (C=O) groups excluding carboxylic acids is 1. The maximum absolute atomic E-state index is 11.2. The Labute approximate surface area is 74.0 Å². The van der Waals surface area contributed by atoms with Crippen molar-refractivity contribution in [3.05, 3.63) is 11.3 Å². The Balaban J connectivity index is 2.81. The van der Waals surface area contributed by atoms with Gasteiger partial charge < -0.3 is 5.32 Å². The van der Waals surface area contributed by atoms with Crippen molar-refractivity contribution < 1.29 is 4.79 Å². The van der Waals surface area contributed by atoms with Gasteiger partial charge in [-0.15, -0.1) is 0 Å². The molecule has 0 saturated heterocycles. The molecular formula is C10H17NO. The highest BCUT2D eigenvalue weighted by atomic mass is 16.1. The second-order valence-corrected chi connectivity index (χ2v) is 3.32. The number of hydrogen-bond acceptors (Lipinski definition) is 2. The first-order valence-electron chi connectivity index (χ1n) is 4.66. The second kappa shape index (κ2) is 4.29. The summed E-state index contributed by atoms with van der Waals surface area (Å²) in [6, 6.07) is 0. The number of hydrogen-bond donors (Lipinski definition) is 1. The van der Waals surface area contributed by atoms with Crippen LogP contribution in [-0.2, 0) is 4.79 Å². The van der Waals surface area contributed by atoms with Crippen LogP contribution in [0.4, 0.5) is 0 Å². The lowest BCUT2D eigenvalue weighted by molar-refractivity contribution is -0.113. The van der Waals surface area contributed by atoms with Crippen LogP contribution in [0.3, 0.4) is 0 Å². The lowest BCUT2D eigenvalue weighted by Crippen LogP contribution is -2.12. The molecule has 1 aliphatic carbocycles. The maximum atomic E-state index is 11.2. The van der Waals surface area contributed by atoms with Crippen molar-refractivity contribution >= 4 is 5.78 Å². The highest BCUT2D eigenvalue weighted by Gasteiger charge is 2.13. The maximum Gasteiger partial charge on any atom is 0.157 e. The number of Topliss-reactive ketones (excluding diaryl/α,β-unsaturated/α-hetero) is 1.